The van der Waals surface area contributed by atoms with Gasteiger partial charge in [-0.25, -0.2) is 12.8 Å². The molecule has 134 valence electrons. The first-order chi connectivity index (χ1) is 10.9. The van der Waals surface area contributed by atoms with E-state index in [0.29, 0.717) is 0 Å². The summed E-state index contributed by atoms with van der Waals surface area (Å²) in [6.45, 7) is 6.06. The van der Waals surface area contributed by atoms with E-state index in [-0.39, 0.29) is 4.90 Å². The van der Waals surface area contributed by atoms with Gasteiger partial charge in [0.15, 0.2) is 6.10 Å². The van der Waals surface area contributed by atoms with Crippen LogP contribution in [0.4, 0.5) is 4.39 Å². The van der Waals surface area contributed by atoms with E-state index in [2.05, 4.69) is 5.32 Å². The van der Waals surface area contributed by atoms with Crippen LogP contribution in [0.1, 0.15) is 27.7 Å². The van der Waals surface area contributed by atoms with Gasteiger partial charge in [-0.15, -0.1) is 0 Å². The van der Waals surface area contributed by atoms with E-state index in [1.54, 1.807) is 20.8 Å². The number of esters is 1. The van der Waals surface area contributed by atoms with Crippen molar-refractivity contribution in [3.8, 4) is 0 Å². The molecule has 9 heteroatoms. The number of sulfonamides is 1. The second kappa shape index (κ2) is 7.71. The van der Waals surface area contributed by atoms with E-state index in [4.69, 9.17) is 4.74 Å². The Morgan fingerprint density at radius 1 is 1.21 bits per heavy atom. The molecule has 1 aromatic carbocycles. The average molecular weight is 360 g/mol. The van der Waals surface area contributed by atoms with Crippen molar-refractivity contribution in [2.45, 2.75) is 44.2 Å². The number of carbonyl (C=O) groups excluding carboxylic acids is 2. The van der Waals surface area contributed by atoms with Gasteiger partial charge in [0.05, 0.1) is 4.90 Å². The van der Waals surface area contributed by atoms with Crippen LogP contribution < -0.4 is 10.0 Å². The number of hydrogen-bond acceptors (Lipinski definition) is 5. The van der Waals surface area contributed by atoms with Crippen molar-refractivity contribution >= 4 is 21.9 Å². The van der Waals surface area contributed by atoms with Crippen molar-refractivity contribution < 1.29 is 27.1 Å². The van der Waals surface area contributed by atoms with E-state index < -0.39 is 45.9 Å². The largest absolute Gasteiger partial charge is 0.452 e. The summed E-state index contributed by atoms with van der Waals surface area (Å²) in [5.41, 5.74) is -0.484. The SMILES string of the molecule is C[C@@H](OC(=O)CNS(=O)(=O)c1ccc(F)cc1)C(=O)NC(C)(C)C. The highest BCUT2D eigenvalue weighted by Gasteiger charge is 2.23. The molecule has 0 aliphatic carbocycles. The third kappa shape index (κ3) is 6.63. The predicted molar refractivity (Wildman–Crippen MR) is 85.0 cm³/mol. The molecule has 1 amide bonds. The summed E-state index contributed by atoms with van der Waals surface area (Å²) in [5, 5.41) is 2.64. The number of halogens is 1. The molecule has 0 unspecified atom stereocenters. The Morgan fingerprint density at radius 3 is 2.25 bits per heavy atom. The molecule has 0 heterocycles. The average Bonchev–Trinajstić information content (AvgIpc) is 2.44. The minimum Gasteiger partial charge on any atom is -0.452 e. The van der Waals surface area contributed by atoms with Crippen LogP contribution in [0.2, 0.25) is 0 Å². The topological polar surface area (TPSA) is 102 Å². The molecule has 0 aliphatic rings. The highest BCUT2D eigenvalue weighted by molar-refractivity contribution is 7.89. The van der Waals surface area contributed by atoms with Crippen molar-refractivity contribution in [3.63, 3.8) is 0 Å². The van der Waals surface area contributed by atoms with Crippen molar-refractivity contribution in [2.75, 3.05) is 6.54 Å². The standard InChI is InChI=1S/C15H21FN2O5S/c1-10(14(20)18-15(2,3)4)23-13(19)9-17-24(21,22)12-7-5-11(16)6-8-12/h5-8,10,17H,9H2,1-4H3,(H,18,20)/t10-/m1/s1. The van der Waals surface area contributed by atoms with Gasteiger partial charge in [-0.05, 0) is 52.0 Å². The second-order valence-electron chi connectivity index (χ2n) is 6.15. The van der Waals surface area contributed by atoms with E-state index in [1.165, 1.54) is 6.92 Å². The number of amides is 1. The summed E-state index contributed by atoms with van der Waals surface area (Å²) in [5.74, 6) is -1.97. The fourth-order valence-corrected chi connectivity index (χ4v) is 2.58. The van der Waals surface area contributed by atoms with Crippen LogP contribution in [0.25, 0.3) is 0 Å². The fourth-order valence-electron chi connectivity index (χ4n) is 1.61. The Balaban J connectivity index is 2.56. The third-order valence-electron chi connectivity index (χ3n) is 2.71. The van der Waals surface area contributed by atoms with Crippen LogP contribution in [0, 0.1) is 5.82 Å². The van der Waals surface area contributed by atoms with Gasteiger partial charge in [0.25, 0.3) is 5.91 Å². The molecule has 24 heavy (non-hydrogen) atoms. The Kier molecular flexibility index (Phi) is 6.44. The minimum absolute atomic E-state index is 0.185. The molecular weight excluding hydrogens is 339 g/mol. The van der Waals surface area contributed by atoms with Crippen LogP contribution in [-0.4, -0.2) is 38.5 Å². The molecule has 0 spiro atoms. The van der Waals surface area contributed by atoms with Crippen LogP contribution >= 0.6 is 0 Å². The number of hydrogen-bond donors (Lipinski definition) is 2. The number of nitrogens with one attached hydrogen (secondary N) is 2. The Hall–Kier alpha value is -2.00. The number of rotatable bonds is 6. The fraction of sp³-hybridized carbons (Fsp3) is 0.467. The van der Waals surface area contributed by atoms with Crippen LogP contribution in [0.15, 0.2) is 29.2 Å². The zero-order valence-corrected chi connectivity index (χ0v) is 14.7. The molecule has 0 saturated heterocycles. The Labute approximate surface area is 140 Å². The zero-order valence-electron chi connectivity index (χ0n) is 13.9. The van der Waals surface area contributed by atoms with Gasteiger partial charge in [-0.1, -0.05) is 0 Å². The third-order valence-corrected chi connectivity index (χ3v) is 4.12. The van der Waals surface area contributed by atoms with Crippen LogP contribution in [-0.2, 0) is 24.3 Å². The lowest BCUT2D eigenvalue weighted by atomic mass is 10.1. The molecular formula is C15H21FN2O5S. The summed E-state index contributed by atoms with van der Waals surface area (Å²) in [6, 6.07) is 4.13. The number of benzene rings is 1. The smallest absolute Gasteiger partial charge is 0.321 e. The van der Waals surface area contributed by atoms with Gasteiger partial charge in [0, 0.05) is 5.54 Å². The van der Waals surface area contributed by atoms with E-state index >= 15 is 0 Å². The van der Waals surface area contributed by atoms with Crippen LogP contribution in [0.5, 0.6) is 0 Å². The highest BCUT2D eigenvalue weighted by Crippen LogP contribution is 2.09. The molecule has 1 aromatic rings. The lowest BCUT2D eigenvalue weighted by Gasteiger charge is -2.23. The summed E-state index contributed by atoms with van der Waals surface area (Å²) < 4.78 is 43.6. The molecule has 0 bridgehead atoms. The van der Waals surface area contributed by atoms with E-state index in [9.17, 15) is 22.4 Å². The molecule has 0 fully saturated rings. The Bertz CT molecular complexity index is 696. The van der Waals surface area contributed by atoms with Gasteiger partial charge in [0.1, 0.15) is 12.4 Å². The summed E-state index contributed by atoms with van der Waals surface area (Å²) in [4.78, 5) is 23.3. The normalized spacial score (nSPS) is 13.2. The van der Waals surface area contributed by atoms with Gasteiger partial charge < -0.3 is 10.1 Å². The monoisotopic (exact) mass is 360 g/mol. The van der Waals surface area contributed by atoms with Crippen molar-refractivity contribution in [3.05, 3.63) is 30.1 Å². The molecule has 2 N–H and O–H groups in total. The quantitative estimate of drug-likeness (QED) is 0.736. The van der Waals surface area contributed by atoms with Crippen molar-refractivity contribution in [1.82, 2.24) is 10.0 Å². The molecule has 1 rings (SSSR count). The maximum atomic E-state index is 12.8. The molecule has 1 atom stereocenters. The second-order valence-corrected chi connectivity index (χ2v) is 7.92. The van der Waals surface area contributed by atoms with Crippen LogP contribution in [0.3, 0.4) is 0 Å². The van der Waals surface area contributed by atoms with E-state index in [0.717, 1.165) is 24.3 Å². The molecule has 0 aliphatic heterocycles. The summed E-state index contributed by atoms with van der Waals surface area (Å²) >= 11 is 0. The van der Waals surface area contributed by atoms with Crippen molar-refractivity contribution in [1.29, 1.82) is 0 Å². The van der Waals surface area contributed by atoms with Gasteiger partial charge in [0.2, 0.25) is 10.0 Å². The first kappa shape index (κ1) is 20.0. The summed E-state index contributed by atoms with van der Waals surface area (Å²) in [6.07, 6.45) is -1.06. The minimum atomic E-state index is -3.98. The Morgan fingerprint density at radius 2 is 1.75 bits per heavy atom. The number of ether oxygens (including phenoxy) is 1. The van der Waals surface area contributed by atoms with Crippen molar-refractivity contribution in [2.24, 2.45) is 0 Å². The predicted octanol–water partition coefficient (Wildman–Crippen LogP) is 0.950. The number of carbonyl (C=O) groups is 2. The van der Waals surface area contributed by atoms with Gasteiger partial charge in [-0.2, -0.15) is 4.72 Å². The lowest BCUT2D eigenvalue weighted by molar-refractivity contribution is -0.154. The first-order valence-electron chi connectivity index (χ1n) is 7.17. The maximum Gasteiger partial charge on any atom is 0.321 e. The van der Waals surface area contributed by atoms with Gasteiger partial charge >= 0.3 is 5.97 Å². The van der Waals surface area contributed by atoms with E-state index in [1.807, 2.05) is 4.72 Å². The molecule has 0 radical (unpaired) electrons. The summed E-state index contributed by atoms with van der Waals surface area (Å²) in [7, 11) is -3.98. The highest BCUT2D eigenvalue weighted by atomic mass is 32.2. The molecule has 0 aromatic heterocycles. The first-order valence-corrected chi connectivity index (χ1v) is 8.66. The lowest BCUT2D eigenvalue weighted by Crippen LogP contribution is -2.46. The zero-order chi connectivity index (χ0) is 18.5. The molecule has 0 saturated carbocycles. The molecule has 7 nitrogen and oxygen atoms in total. The maximum absolute atomic E-state index is 12.8. The van der Waals surface area contributed by atoms with Gasteiger partial charge in [-0.3, -0.25) is 9.59 Å².